The Hall–Kier alpha value is -3.36. The number of piperazine rings is 1. The molecule has 2 atom stereocenters. The molecule has 1 aromatic heterocycles. The predicted octanol–water partition coefficient (Wildman–Crippen LogP) is 4.55. The molecule has 2 aliphatic heterocycles. The van der Waals surface area contributed by atoms with Crippen LogP contribution in [-0.2, 0) is 11.3 Å². The maximum Gasteiger partial charge on any atom is 0.289 e. The molecule has 40 heavy (non-hydrogen) atoms. The van der Waals surface area contributed by atoms with Crippen molar-refractivity contribution >= 4 is 40.1 Å². The standard InChI is InChI=1S/C31H37ClN4O4/c1-20-16-24-27(37)18-28(40-30(24)25(32)17-20)31(39)33(4)21(2)22(3)34-12-14-35(15-13-34)26-9-6-5-8-23(26)19-36-11-7-10-29(36)38/h5-6,8-9,16-18,21-22H,7,10-15,19H2,1-4H3/t21?,22-/m1/s1. The summed E-state index contributed by atoms with van der Waals surface area (Å²) in [7, 11) is 1.75. The highest BCUT2D eigenvalue weighted by atomic mass is 35.5. The molecule has 2 fully saturated rings. The van der Waals surface area contributed by atoms with Gasteiger partial charge < -0.3 is 19.1 Å². The van der Waals surface area contributed by atoms with Gasteiger partial charge in [0.15, 0.2) is 16.8 Å². The highest BCUT2D eigenvalue weighted by molar-refractivity contribution is 6.34. The van der Waals surface area contributed by atoms with E-state index in [0.29, 0.717) is 23.4 Å². The van der Waals surface area contributed by atoms with Crippen LogP contribution in [0, 0.1) is 6.92 Å². The van der Waals surface area contributed by atoms with E-state index >= 15 is 0 Å². The normalized spacial score (nSPS) is 17.9. The molecule has 5 rings (SSSR count). The van der Waals surface area contributed by atoms with Crippen molar-refractivity contribution < 1.29 is 14.0 Å². The number of aryl methyl sites for hydroxylation is 1. The van der Waals surface area contributed by atoms with Gasteiger partial charge in [-0.2, -0.15) is 0 Å². The number of likely N-dealkylation sites (tertiary alicyclic amines) is 1. The lowest BCUT2D eigenvalue weighted by Crippen LogP contribution is -2.56. The highest BCUT2D eigenvalue weighted by Gasteiger charge is 2.31. The van der Waals surface area contributed by atoms with Gasteiger partial charge in [0, 0.05) is 76.6 Å². The number of likely N-dealkylation sites (N-methyl/N-ethyl adjacent to an activating group) is 1. The fourth-order valence-electron chi connectivity index (χ4n) is 5.84. The van der Waals surface area contributed by atoms with Gasteiger partial charge in [-0.3, -0.25) is 19.3 Å². The molecule has 0 aliphatic carbocycles. The van der Waals surface area contributed by atoms with Gasteiger partial charge in [0.05, 0.1) is 10.4 Å². The Morgan fingerprint density at radius 3 is 2.48 bits per heavy atom. The number of hydrogen-bond acceptors (Lipinski definition) is 6. The average molecular weight is 565 g/mol. The van der Waals surface area contributed by atoms with Gasteiger partial charge in [-0.25, -0.2) is 0 Å². The van der Waals surface area contributed by atoms with E-state index < -0.39 is 0 Å². The van der Waals surface area contributed by atoms with E-state index in [0.717, 1.165) is 44.7 Å². The molecule has 3 aromatic rings. The zero-order valence-electron chi connectivity index (χ0n) is 23.7. The molecule has 0 spiro atoms. The maximum atomic E-state index is 13.4. The molecule has 9 heteroatoms. The quantitative estimate of drug-likeness (QED) is 0.419. The average Bonchev–Trinajstić information content (AvgIpc) is 3.36. The number of para-hydroxylation sites is 1. The minimum atomic E-state index is -0.348. The van der Waals surface area contributed by atoms with Crippen molar-refractivity contribution in [3.05, 3.63) is 74.6 Å². The molecular weight excluding hydrogens is 528 g/mol. The second kappa shape index (κ2) is 11.6. The van der Waals surface area contributed by atoms with Crippen LogP contribution in [0.4, 0.5) is 5.69 Å². The first-order valence-electron chi connectivity index (χ1n) is 14.0. The van der Waals surface area contributed by atoms with Gasteiger partial charge in [0.25, 0.3) is 5.91 Å². The van der Waals surface area contributed by atoms with E-state index in [2.05, 4.69) is 34.9 Å². The van der Waals surface area contributed by atoms with E-state index in [-0.39, 0.29) is 40.7 Å². The van der Waals surface area contributed by atoms with Crippen LogP contribution in [0.3, 0.4) is 0 Å². The van der Waals surface area contributed by atoms with Crippen molar-refractivity contribution in [2.75, 3.05) is 44.7 Å². The van der Waals surface area contributed by atoms with Gasteiger partial charge in [0.2, 0.25) is 5.91 Å². The summed E-state index contributed by atoms with van der Waals surface area (Å²) in [4.78, 5) is 46.7. The van der Waals surface area contributed by atoms with Gasteiger partial charge in [-0.1, -0.05) is 29.8 Å². The molecular formula is C31H37ClN4O4. The number of nitrogens with zero attached hydrogens (tertiary/aromatic N) is 4. The van der Waals surface area contributed by atoms with Crippen molar-refractivity contribution in [1.29, 1.82) is 0 Å². The number of halogens is 1. The van der Waals surface area contributed by atoms with Crippen LogP contribution in [0.15, 0.2) is 51.7 Å². The van der Waals surface area contributed by atoms with Gasteiger partial charge >= 0.3 is 0 Å². The Balaban J connectivity index is 1.24. The molecule has 3 heterocycles. The zero-order chi connectivity index (χ0) is 28.6. The summed E-state index contributed by atoms with van der Waals surface area (Å²) >= 11 is 6.33. The van der Waals surface area contributed by atoms with Crippen LogP contribution in [-0.4, -0.2) is 78.4 Å². The Morgan fingerprint density at radius 2 is 1.77 bits per heavy atom. The first-order valence-corrected chi connectivity index (χ1v) is 14.4. The predicted molar refractivity (Wildman–Crippen MR) is 158 cm³/mol. The van der Waals surface area contributed by atoms with E-state index in [1.165, 1.54) is 17.3 Å². The topological polar surface area (TPSA) is 77.3 Å². The molecule has 2 aromatic carbocycles. The summed E-state index contributed by atoms with van der Waals surface area (Å²) < 4.78 is 5.85. The van der Waals surface area contributed by atoms with E-state index in [1.807, 2.05) is 24.8 Å². The van der Waals surface area contributed by atoms with Crippen LogP contribution < -0.4 is 10.3 Å². The minimum Gasteiger partial charge on any atom is -0.449 e. The van der Waals surface area contributed by atoms with E-state index in [4.69, 9.17) is 16.0 Å². The lowest BCUT2D eigenvalue weighted by molar-refractivity contribution is -0.128. The summed E-state index contributed by atoms with van der Waals surface area (Å²) in [5.74, 6) is -0.121. The molecule has 2 saturated heterocycles. The van der Waals surface area contributed by atoms with Crippen LogP contribution >= 0.6 is 11.6 Å². The second-order valence-corrected chi connectivity index (χ2v) is 11.5. The van der Waals surface area contributed by atoms with Crippen LogP contribution in [0.25, 0.3) is 11.0 Å². The lowest BCUT2D eigenvalue weighted by Gasteiger charge is -2.43. The molecule has 1 unspecified atom stereocenters. The molecule has 2 amide bonds. The maximum absolute atomic E-state index is 13.4. The molecule has 0 saturated carbocycles. The molecule has 0 N–H and O–H groups in total. The van der Waals surface area contributed by atoms with Crippen LogP contribution in [0.5, 0.6) is 0 Å². The number of carbonyl (C=O) groups is 2. The van der Waals surface area contributed by atoms with Gasteiger partial charge in [-0.05, 0) is 56.5 Å². The largest absolute Gasteiger partial charge is 0.449 e. The van der Waals surface area contributed by atoms with Gasteiger partial charge in [-0.15, -0.1) is 0 Å². The molecule has 0 bridgehead atoms. The fourth-order valence-corrected chi connectivity index (χ4v) is 6.16. The third kappa shape index (κ3) is 5.60. The third-order valence-corrected chi connectivity index (χ3v) is 8.80. The number of fused-ring (bicyclic) bond motifs is 1. The Bertz CT molecular complexity index is 1480. The zero-order valence-corrected chi connectivity index (χ0v) is 24.4. The summed E-state index contributed by atoms with van der Waals surface area (Å²) in [5.41, 5.74) is 3.19. The highest BCUT2D eigenvalue weighted by Crippen LogP contribution is 2.27. The SMILES string of the molecule is Cc1cc(Cl)c2oc(C(=O)N(C)C(C)[C@@H](C)N3CCN(c4ccccc4CN4CCCC4=O)CC3)cc(=O)c2c1. The summed E-state index contributed by atoms with van der Waals surface area (Å²) in [6.07, 6.45) is 1.58. The second-order valence-electron chi connectivity index (χ2n) is 11.1. The first-order chi connectivity index (χ1) is 19.1. The Morgan fingerprint density at radius 1 is 1.05 bits per heavy atom. The molecule has 8 nitrogen and oxygen atoms in total. The smallest absolute Gasteiger partial charge is 0.289 e. The number of anilines is 1. The fraction of sp³-hybridized carbons (Fsp3) is 0.452. The van der Waals surface area contributed by atoms with Crippen molar-refractivity contribution in [3.8, 4) is 0 Å². The summed E-state index contributed by atoms with van der Waals surface area (Å²) in [6, 6.07) is 13.0. The number of amides is 2. The number of rotatable bonds is 7. The minimum absolute atomic E-state index is 0.0114. The van der Waals surface area contributed by atoms with Crippen LogP contribution in [0.1, 0.15) is 48.4 Å². The van der Waals surface area contributed by atoms with Crippen LogP contribution in [0.2, 0.25) is 5.02 Å². The lowest BCUT2D eigenvalue weighted by atomic mass is 10.1. The summed E-state index contributed by atoms with van der Waals surface area (Å²) in [6.45, 7) is 10.9. The van der Waals surface area contributed by atoms with E-state index in [9.17, 15) is 14.4 Å². The number of carbonyl (C=O) groups excluding carboxylic acids is 2. The molecule has 0 radical (unpaired) electrons. The van der Waals surface area contributed by atoms with Crippen molar-refractivity contribution in [2.24, 2.45) is 0 Å². The van der Waals surface area contributed by atoms with E-state index in [1.54, 1.807) is 24.1 Å². The first kappa shape index (κ1) is 28.2. The Kier molecular flexibility index (Phi) is 8.19. The molecule has 212 valence electrons. The Labute approximate surface area is 240 Å². The number of benzene rings is 2. The molecule has 2 aliphatic rings. The summed E-state index contributed by atoms with van der Waals surface area (Å²) in [5, 5.41) is 0.689. The van der Waals surface area contributed by atoms with Crippen molar-refractivity contribution in [2.45, 2.75) is 52.2 Å². The monoisotopic (exact) mass is 564 g/mol. The number of hydrogen-bond donors (Lipinski definition) is 0. The van der Waals surface area contributed by atoms with Crippen molar-refractivity contribution in [1.82, 2.24) is 14.7 Å². The third-order valence-electron chi connectivity index (χ3n) is 8.52. The van der Waals surface area contributed by atoms with Crippen molar-refractivity contribution in [3.63, 3.8) is 0 Å². The van der Waals surface area contributed by atoms with Gasteiger partial charge in [0.1, 0.15) is 0 Å².